The van der Waals surface area contributed by atoms with Crippen LogP contribution in [0.4, 0.5) is 8.78 Å². The lowest BCUT2D eigenvalue weighted by Crippen LogP contribution is -2.17. The summed E-state index contributed by atoms with van der Waals surface area (Å²) in [6, 6.07) is 7.32. The molecule has 0 saturated heterocycles. The quantitative estimate of drug-likeness (QED) is 0.933. The van der Waals surface area contributed by atoms with Gasteiger partial charge in [-0.3, -0.25) is 0 Å². The first kappa shape index (κ1) is 14.0. The molecule has 2 rings (SSSR count). The molecular weight excluding hydrogens is 266 g/mol. The number of nitrogens with zero attached hydrogens (tertiary/aromatic N) is 1. The van der Waals surface area contributed by atoms with Gasteiger partial charge in [-0.05, 0) is 37.1 Å². The van der Waals surface area contributed by atoms with Gasteiger partial charge in [0.05, 0.1) is 0 Å². The number of benzene rings is 1. The summed E-state index contributed by atoms with van der Waals surface area (Å²) < 4.78 is 26.3. The van der Waals surface area contributed by atoms with Crippen LogP contribution in [-0.2, 0) is 6.42 Å². The van der Waals surface area contributed by atoms with E-state index in [0.717, 1.165) is 18.1 Å². The molecule has 19 heavy (non-hydrogen) atoms. The Morgan fingerprint density at radius 2 is 2.05 bits per heavy atom. The Bertz CT molecular complexity index is 556. The van der Waals surface area contributed by atoms with Crippen LogP contribution in [0.3, 0.4) is 0 Å². The van der Waals surface area contributed by atoms with Crippen molar-refractivity contribution in [2.45, 2.75) is 29.3 Å². The van der Waals surface area contributed by atoms with Gasteiger partial charge in [0.25, 0.3) is 0 Å². The molecule has 0 bridgehead atoms. The van der Waals surface area contributed by atoms with E-state index >= 15 is 0 Å². The molecule has 0 saturated carbocycles. The molecule has 1 atom stereocenters. The molecule has 5 heteroatoms. The van der Waals surface area contributed by atoms with Gasteiger partial charge in [-0.1, -0.05) is 17.8 Å². The summed E-state index contributed by atoms with van der Waals surface area (Å²) in [5, 5.41) is 0.666. The predicted octanol–water partition coefficient (Wildman–Crippen LogP) is 3.40. The Kier molecular flexibility index (Phi) is 4.50. The van der Waals surface area contributed by atoms with E-state index in [2.05, 4.69) is 4.98 Å². The highest BCUT2D eigenvalue weighted by Gasteiger charge is 2.07. The maximum Gasteiger partial charge on any atom is 0.140 e. The first-order valence-corrected chi connectivity index (χ1v) is 6.69. The van der Waals surface area contributed by atoms with E-state index in [0.29, 0.717) is 9.92 Å². The average Bonchev–Trinajstić information content (AvgIpc) is 2.34. The standard InChI is InChI=1S/C14H14F2N2S/c1-9(17)6-10-2-5-14(18-8-10)19-13-4-3-11(15)7-12(13)16/h2-5,7-9H,6,17H2,1H3. The number of hydrogen-bond acceptors (Lipinski definition) is 3. The molecule has 1 heterocycles. The number of halogens is 2. The summed E-state index contributed by atoms with van der Waals surface area (Å²) in [5.74, 6) is -1.16. The molecule has 0 fully saturated rings. The van der Waals surface area contributed by atoms with Crippen molar-refractivity contribution < 1.29 is 8.78 Å². The Morgan fingerprint density at radius 3 is 2.63 bits per heavy atom. The van der Waals surface area contributed by atoms with Crippen molar-refractivity contribution in [3.8, 4) is 0 Å². The largest absolute Gasteiger partial charge is 0.328 e. The van der Waals surface area contributed by atoms with Crippen molar-refractivity contribution in [3.05, 3.63) is 53.7 Å². The van der Waals surface area contributed by atoms with E-state index < -0.39 is 11.6 Å². The van der Waals surface area contributed by atoms with Crippen LogP contribution in [0.15, 0.2) is 46.5 Å². The second kappa shape index (κ2) is 6.12. The zero-order valence-corrected chi connectivity index (χ0v) is 11.3. The van der Waals surface area contributed by atoms with Crippen LogP contribution < -0.4 is 5.73 Å². The van der Waals surface area contributed by atoms with E-state index in [1.165, 1.54) is 23.9 Å². The number of hydrogen-bond donors (Lipinski definition) is 1. The zero-order valence-electron chi connectivity index (χ0n) is 10.4. The summed E-state index contributed by atoms with van der Waals surface area (Å²) in [7, 11) is 0. The molecule has 2 nitrogen and oxygen atoms in total. The molecule has 2 aromatic rings. The van der Waals surface area contributed by atoms with Gasteiger partial charge in [0.2, 0.25) is 0 Å². The summed E-state index contributed by atoms with van der Waals surface area (Å²) in [6.07, 6.45) is 2.48. The second-order valence-corrected chi connectivity index (χ2v) is 5.43. The lowest BCUT2D eigenvalue weighted by atomic mass is 10.1. The van der Waals surface area contributed by atoms with Crippen molar-refractivity contribution in [3.63, 3.8) is 0 Å². The number of nitrogens with two attached hydrogens (primary N) is 1. The van der Waals surface area contributed by atoms with Crippen LogP contribution in [-0.4, -0.2) is 11.0 Å². The van der Waals surface area contributed by atoms with E-state index in [9.17, 15) is 8.78 Å². The molecule has 0 aliphatic heterocycles. The Labute approximate surface area is 115 Å². The normalized spacial score (nSPS) is 12.4. The zero-order chi connectivity index (χ0) is 13.8. The maximum atomic E-state index is 13.5. The summed E-state index contributed by atoms with van der Waals surface area (Å²) >= 11 is 1.17. The second-order valence-electron chi connectivity index (χ2n) is 4.36. The van der Waals surface area contributed by atoms with E-state index in [1.54, 1.807) is 6.20 Å². The fourth-order valence-electron chi connectivity index (χ4n) is 1.63. The highest BCUT2D eigenvalue weighted by molar-refractivity contribution is 7.99. The number of pyridine rings is 1. The molecule has 100 valence electrons. The molecule has 0 aliphatic rings. The fourth-order valence-corrected chi connectivity index (χ4v) is 2.39. The van der Waals surface area contributed by atoms with Gasteiger partial charge in [0, 0.05) is 23.2 Å². The minimum atomic E-state index is -0.581. The first-order valence-electron chi connectivity index (χ1n) is 5.88. The highest BCUT2D eigenvalue weighted by Crippen LogP contribution is 2.28. The Balaban J connectivity index is 2.10. The minimum absolute atomic E-state index is 0.0786. The molecule has 1 unspecified atom stereocenters. The van der Waals surface area contributed by atoms with E-state index in [-0.39, 0.29) is 6.04 Å². The average molecular weight is 280 g/mol. The summed E-state index contributed by atoms with van der Waals surface area (Å²) in [4.78, 5) is 4.59. The third-order valence-corrected chi connectivity index (χ3v) is 3.47. The SMILES string of the molecule is CC(N)Cc1ccc(Sc2ccc(F)cc2F)nc1. The van der Waals surface area contributed by atoms with Gasteiger partial charge < -0.3 is 5.73 Å². The fraction of sp³-hybridized carbons (Fsp3) is 0.214. The van der Waals surface area contributed by atoms with Crippen LogP contribution >= 0.6 is 11.8 Å². The van der Waals surface area contributed by atoms with Crippen molar-refractivity contribution in [1.82, 2.24) is 4.98 Å². The van der Waals surface area contributed by atoms with Crippen LogP contribution in [0.2, 0.25) is 0 Å². The van der Waals surface area contributed by atoms with Gasteiger partial charge in [0.1, 0.15) is 16.7 Å². The number of aromatic nitrogens is 1. The van der Waals surface area contributed by atoms with Crippen LogP contribution in [0.1, 0.15) is 12.5 Å². The van der Waals surface area contributed by atoms with E-state index in [4.69, 9.17) is 5.73 Å². The molecule has 0 aliphatic carbocycles. The predicted molar refractivity (Wildman–Crippen MR) is 72.1 cm³/mol. The van der Waals surface area contributed by atoms with Gasteiger partial charge >= 0.3 is 0 Å². The lowest BCUT2D eigenvalue weighted by Gasteiger charge is -2.06. The Morgan fingerprint density at radius 1 is 1.26 bits per heavy atom. The van der Waals surface area contributed by atoms with Crippen LogP contribution in [0.25, 0.3) is 0 Å². The Hall–Kier alpha value is -1.46. The summed E-state index contributed by atoms with van der Waals surface area (Å²) in [6.45, 7) is 1.93. The molecule has 0 spiro atoms. The van der Waals surface area contributed by atoms with Crippen molar-refractivity contribution in [2.75, 3.05) is 0 Å². The van der Waals surface area contributed by atoms with Gasteiger partial charge in [-0.25, -0.2) is 13.8 Å². The molecular formula is C14H14F2N2S. The molecule has 1 aromatic carbocycles. The molecule has 0 amide bonds. The monoisotopic (exact) mass is 280 g/mol. The van der Waals surface area contributed by atoms with Crippen LogP contribution in [0.5, 0.6) is 0 Å². The van der Waals surface area contributed by atoms with Gasteiger partial charge in [0.15, 0.2) is 0 Å². The minimum Gasteiger partial charge on any atom is -0.328 e. The van der Waals surface area contributed by atoms with Gasteiger partial charge in [-0.2, -0.15) is 0 Å². The van der Waals surface area contributed by atoms with Crippen molar-refractivity contribution >= 4 is 11.8 Å². The van der Waals surface area contributed by atoms with Crippen molar-refractivity contribution in [1.29, 1.82) is 0 Å². The highest BCUT2D eigenvalue weighted by atomic mass is 32.2. The van der Waals surface area contributed by atoms with E-state index in [1.807, 2.05) is 19.1 Å². The lowest BCUT2D eigenvalue weighted by molar-refractivity contribution is 0.565. The molecule has 2 N–H and O–H groups in total. The number of rotatable bonds is 4. The third-order valence-electron chi connectivity index (χ3n) is 2.46. The third kappa shape index (κ3) is 4.01. The first-order chi connectivity index (χ1) is 9.04. The topological polar surface area (TPSA) is 38.9 Å². The summed E-state index contributed by atoms with van der Waals surface area (Å²) in [5.41, 5.74) is 6.74. The maximum absolute atomic E-state index is 13.5. The van der Waals surface area contributed by atoms with Gasteiger partial charge in [-0.15, -0.1) is 0 Å². The molecule has 0 radical (unpaired) electrons. The van der Waals surface area contributed by atoms with Crippen molar-refractivity contribution in [2.24, 2.45) is 5.73 Å². The van der Waals surface area contributed by atoms with Crippen LogP contribution in [0, 0.1) is 11.6 Å². The smallest absolute Gasteiger partial charge is 0.140 e. The molecule has 1 aromatic heterocycles.